The average molecular weight is 358 g/mol. The lowest BCUT2D eigenvalue weighted by molar-refractivity contribution is -0.127. The SMILES string of the molecule is C=C(C)CNC(=NCC(=O)N(C)C)NC1CCCN(c2ccccc2)C1. The summed E-state index contributed by atoms with van der Waals surface area (Å²) in [6.45, 7) is 8.63. The summed E-state index contributed by atoms with van der Waals surface area (Å²) in [5.41, 5.74) is 2.27. The monoisotopic (exact) mass is 357 g/mol. The van der Waals surface area contributed by atoms with Gasteiger partial charge in [-0.1, -0.05) is 30.4 Å². The van der Waals surface area contributed by atoms with E-state index in [4.69, 9.17) is 0 Å². The summed E-state index contributed by atoms with van der Waals surface area (Å²) in [7, 11) is 3.48. The van der Waals surface area contributed by atoms with Gasteiger partial charge in [0.15, 0.2) is 5.96 Å². The zero-order chi connectivity index (χ0) is 18.9. The quantitative estimate of drug-likeness (QED) is 0.463. The second-order valence-corrected chi connectivity index (χ2v) is 7.03. The van der Waals surface area contributed by atoms with Crippen molar-refractivity contribution < 1.29 is 4.79 Å². The first kappa shape index (κ1) is 19.8. The van der Waals surface area contributed by atoms with E-state index in [1.807, 2.05) is 13.0 Å². The van der Waals surface area contributed by atoms with E-state index in [0.717, 1.165) is 31.5 Å². The molecular weight excluding hydrogens is 326 g/mol. The number of rotatable bonds is 6. The zero-order valence-corrected chi connectivity index (χ0v) is 16.2. The number of carbonyl (C=O) groups excluding carboxylic acids is 1. The molecule has 6 heteroatoms. The smallest absolute Gasteiger partial charge is 0.243 e. The van der Waals surface area contributed by atoms with Gasteiger partial charge in [0, 0.05) is 45.5 Å². The van der Waals surface area contributed by atoms with Crippen LogP contribution >= 0.6 is 0 Å². The predicted octanol–water partition coefficient (Wildman–Crippen LogP) is 1.85. The third-order valence-electron chi connectivity index (χ3n) is 4.31. The van der Waals surface area contributed by atoms with E-state index in [-0.39, 0.29) is 18.5 Å². The number of nitrogens with one attached hydrogen (secondary N) is 2. The number of hydrogen-bond acceptors (Lipinski definition) is 3. The molecule has 1 fully saturated rings. The molecule has 1 unspecified atom stereocenters. The highest BCUT2D eigenvalue weighted by Crippen LogP contribution is 2.19. The van der Waals surface area contributed by atoms with Gasteiger partial charge in [-0.3, -0.25) is 4.79 Å². The maximum Gasteiger partial charge on any atom is 0.243 e. The van der Waals surface area contributed by atoms with Gasteiger partial charge in [-0.05, 0) is 31.9 Å². The number of benzene rings is 1. The van der Waals surface area contributed by atoms with Gasteiger partial charge in [0.2, 0.25) is 5.91 Å². The van der Waals surface area contributed by atoms with E-state index in [1.165, 1.54) is 5.69 Å². The number of aliphatic imine (C=N–C) groups is 1. The number of guanidine groups is 1. The molecule has 0 spiro atoms. The van der Waals surface area contributed by atoms with Crippen LogP contribution in [0.3, 0.4) is 0 Å². The fourth-order valence-corrected chi connectivity index (χ4v) is 2.84. The molecule has 1 heterocycles. The Hall–Kier alpha value is -2.50. The Morgan fingerprint density at radius 3 is 2.73 bits per heavy atom. The van der Waals surface area contributed by atoms with E-state index in [2.05, 4.69) is 51.4 Å². The minimum Gasteiger partial charge on any atom is -0.369 e. The summed E-state index contributed by atoms with van der Waals surface area (Å²) in [6, 6.07) is 10.8. The van der Waals surface area contributed by atoms with Gasteiger partial charge in [-0.25, -0.2) is 4.99 Å². The van der Waals surface area contributed by atoms with E-state index >= 15 is 0 Å². The van der Waals surface area contributed by atoms with Crippen molar-refractivity contribution in [1.29, 1.82) is 0 Å². The molecule has 1 aromatic carbocycles. The Kier molecular flexibility index (Phi) is 7.51. The standard InChI is InChI=1S/C20H31N5O/c1-16(2)13-21-20(22-14-19(26)24(3)4)23-17-9-8-12-25(15-17)18-10-6-5-7-11-18/h5-7,10-11,17H,1,8-9,12-15H2,2-4H3,(H2,21,22,23). The summed E-state index contributed by atoms with van der Waals surface area (Å²) in [5, 5.41) is 6.76. The maximum absolute atomic E-state index is 11.9. The molecule has 1 atom stereocenters. The number of piperidine rings is 1. The van der Waals surface area contributed by atoms with Crippen LogP contribution in [0.1, 0.15) is 19.8 Å². The summed E-state index contributed by atoms with van der Waals surface area (Å²) >= 11 is 0. The third kappa shape index (κ3) is 6.43. The Bertz CT molecular complexity index is 626. The van der Waals surface area contributed by atoms with Crippen molar-refractivity contribution in [2.75, 3.05) is 45.2 Å². The lowest BCUT2D eigenvalue weighted by Gasteiger charge is -2.35. The molecule has 2 N–H and O–H groups in total. The summed E-state index contributed by atoms with van der Waals surface area (Å²) in [4.78, 5) is 20.2. The highest BCUT2D eigenvalue weighted by Gasteiger charge is 2.21. The molecule has 0 aromatic heterocycles. The first-order valence-corrected chi connectivity index (χ1v) is 9.15. The fourth-order valence-electron chi connectivity index (χ4n) is 2.84. The van der Waals surface area contributed by atoms with Gasteiger partial charge < -0.3 is 20.4 Å². The van der Waals surface area contributed by atoms with Crippen molar-refractivity contribution in [3.63, 3.8) is 0 Å². The minimum absolute atomic E-state index is 0.0176. The van der Waals surface area contributed by atoms with E-state index < -0.39 is 0 Å². The molecule has 0 radical (unpaired) electrons. The van der Waals surface area contributed by atoms with E-state index in [0.29, 0.717) is 12.5 Å². The Balaban J connectivity index is 2.00. The number of amides is 1. The molecule has 0 bridgehead atoms. The molecule has 2 rings (SSSR count). The molecule has 1 saturated heterocycles. The second-order valence-electron chi connectivity index (χ2n) is 7.03. The molecule has 0 aliphatic carbocycles. The molecule has 1 aliphatic heterocycles. The van der Waals surface area contributed by atoms with Gasteiger partial charge in [-0.15, -0.1) is 0 Å². The Morgan fingerprint density at radius 1 is 1.35 bits per heavy atom. The third-order valence-corrected chi connectivity index (χ3v) is 4.31. The van der Waals surface area contributed by atoms with Crippen LogP contribution < -0.4 is 15.5 Å². The van der Waals surface area contributed by atoms with Crippen LogP contribution in [0.4, 0.5) is 5.69 Å². The number of likely N-dealkylation sites (N-methyl/N-ethyl adjacent to an activating group) is 1. The second kappa shape index (κ2) is 9.85. The van der Waals surface area contributed by atoms with Crippen molar-refractivity contribution in [2.24, 2.45) is 4.99 Å². The molecule has 1 amide bonds. The lowest BCUT2D eigenvalue weighted by Crippen LogP contribution is -2.51. The topological polar surface area (TPSA) is 60.0 Å². The van der Waals surface area contributed by atoms with Crippen LogP contribution in [0.2, 0.25) is 0 Å². The van der Waals surface area contributed by atoms with Crippen LogP contribution in [0.15, 0.2) is 47.5 Å². The zero-order valence-electron chi connectivity index (χ0n) is 16.2. The Morgan fingerprint density at radius 2 is 2.08 bits per heavy atom. The predicted molar refractivity (Wildman–Crippen MR) is 109 cm³/mol. The Labute approximate surface area is 157 Å². The van der Waals surface area contributed by atoms with Crippen molar-refractivity contribution in [3.05, 3.63) is 42.5 Å². The van der Waals surface area contributed by atoms with E-state index in [1.54, 1.807) is 19.0 Å². The van der Waals surface area contributed by atoms with Crippen LogP contribution in [0.5, 0.6) is 0 Å². The molecule has 6 nitrogen and oxygen atoms in total. The van der Waals surface area contributed by atoms with Gasteiger partial charge in [0.05, 0.1) is 0 Å². The number of nitrogens with zero attached hydrogens (tertiary/aromatic N) is 3. The van der Waals surface area contributed by atoms with Crippen molar-refractivity contribution >= 4 is 17.6 Å². The molecule has 1 aliphatic rings. The fraction of sp³-hybridized carbons (Fsp3) is 0.500. The molecule has 1 aromatic rings. The first-order chi connectivity index (χ1) is 12.5. The number of para-hydroxylation sites is 1. The first-order valence-electron chi connectivity index (χ1n) is 9.15. The van der Waals surface area contributed by atoms with Gasteiger partial charge in [-0.2, -0.15) is 0 Å². The van der Waals surface area contributed by atoms with Crippen LogP contribution in [0.25, 0.3) is 0 Å². The van der Waals surface area contributed by atoms with Crippen LogP contribution in [0, 0.1) is 0 Å². The highest BCUT2D eigenvalue weighted by atomic mass is 16.2. The number of hydrogen-bond donors (Lipinski definition) is 2. The van der Waals surface area contributed by atoms with Gasteiger partial charge in [0.1, 0.15) is 6.54 Å². The minimum atomic E-state index is -0.0176. The summed E-state index contributed by atoms with van der Waals surface area (Å²) in [5.74, 6) is 0.652. The molecule has 142 valence electrons. The van der Waals surface area contributed by atoms with Crippen LogP contribution in [-0.2, 0) is 4.79 Å². The maximum atomic E-state index is 11.9. The van der Waals surface area contributed by atoms with Crippen molar-refractivity contribution in [3.8, 4) is 0 Å². The van der Waals surface area contributed by atoms with E-state index in [9.17, 15) is 4.79 Å². The highest BCUT2D eigenvalue weighted by molar-refractivity contribution is 5.85. The van der Waals surface area contributed by atoms with Gasteiger partial charge >= 0.3 is 0 Å². The molecule has 26 heavy (non-hydrogen) atoms. The number of anilines is 1. The molecular formula is C20H31N5O. The summed E-state index contributed by atoms with van der Waals surface area (Å²) < 4.78 is 0. The van der Waals surface area contributed by atoms with Crippen molar-refractivity contribution in [2.45, 2.75) is 25.8 Å². The lowest BCUT2D eigenvalue weighted by atomic mass is 10.1. The average Bonchev–Trinajstić information content (AvgIpc) is 2.64. The molecule has 0 saturated carbocycles. The summed E-state index contributed by atoms with van der Waals surface area (Å²) in [6.07, 6.45) is 2.20. The normalized spacial score (nSPS) is 17.6. The van der Waals surface area contributed by atoms with Crippen molar-refractivity contribution in [1.82, 2.24) is 15.5 Å². The van der Waals surface area contributed by atoms with Gasteiger partial charge in [0.25, 0.3) is 0 Å². The largest absolute Gasteiger partial charge is 0.369 e. The number of carbonyl (C=O) groups is 1. The van der Waals surface area contributed by atoms with Crippen LogP contribution in [-0.4, -0.2) is 63.1 Å².